The second-order valence-electron chi connectivity index (χ2n) is 7.75. The third-order valence-electron chi connectivity index (χ3n) is 5.47. The fraction of sp³-hybridized carbons (Fsp3) is 0.440. The molecule has 0 spiro atoms. The molecular weight excluding hydrogens is 447 g/mol. The second kappa shape index (κ2) is 12.7. The van der Waals surface area contributed by atoms with Crippen LogP contribution in [0.3, 0.4) is 0 Å². The van der Waals surface area contributed by atoms with Gasteiger partial charge >= 0.3 is 0 Å². The van der Waals surface area contributed by atoms with Crippen LogP contribution in [0.1, 0.15) is 51.7 Å². The van der Waals surface area contributed by atoms with E-state index in [0.717, 1.165) is 12.8 Å². The lowest BCUT2D eigenvalue weighted by Gasteiger charge is -2.31. The molecule has 0 heterocycles. The maximum Gasteiger partial charge on any atom is 0.261 e. The number of carbonyl (C=O) groups is 2. The van der Waals surface area contributed by atoms with Crippen molar-refractivity contribution in [2.45, 2.75) is 65.6 Å². The molecule has 2 atom stereocenters. The maximum atomic E-state index is 13.3. The summed E-state index contributed by atoms with van der Waals surface area (Å²) in [5, 5.41) is 3.87. The molecule has 0 aromatic heterocycles. The molecule has 2 aromatic carbocycles. The van der Waals surface area contributed by atoms with Crippen LogP contribution in [0.25, 0.3) is 0 Å². The van der Waals surface area contributed by atoms with Gasteiger partial charge in [0.25, 0.3) is 5.91 Å². The van der Waals surface area contributed by atoms with Crippen LogP contribution in [-0.2, 0) is 22.6 Å². The molecule has 2 aromatic rings. The van der Waals surface area contributed by atoms with Crippen molar-refractivity contribution in [2.75, 3.05) is 6.61 Å². The summed E-state index contributed by atoms with van der Waals surface area (Å²) in [5.74, 6) is 0.0840. The van der Waals surface area contributed by atoms with E-state index in [1.807, 2.05) is 45.0 Å². The molecule has 2 rings (SSSR count). The Morgan fingerprint density at radius 2 is 1.62 bits per heavy atom. The first-order valence-corrected chi connectivity index (χ1v) is 11.8. The van der Waals surface area contributed by atoms with Crippen LogP contribution in [0, 0.1) is 0 Å². The number of nitrogens with one attached hydrogen (secondary N) is 1. The molecule has 5 nitrogen and oxygen atoms in total. The van der Waals surface area contributed by atoms with Gasteiger partial charge in [0.1, 0.15) is 11.8 Å². The molecule has 0 aliphatic carbocycles. The van der Waals surface area contributed by atoms with Gasteiger partial charge in [0.05, 0.1) is 0 Å². The Hall–Kier alpha value is -2.24. The zero-order chi connectivity index (χ0) is 23.7. The first-order valence-electron chi connectivity index (χ1n) is 11.0. The smallest absolute Gasteiger partial charge is 0.261 e. The number of hydrogen-bond donors (Lipinski definition) is 1. The van der Waals surface area contributed by atoms with Gasteiger partial charge in [0, 0.05) is 28.2 Å². The van der Waals surface area contributed by atoms with Gasteiger partial charge in [-0.2, -0.15) is 0 Å². The van der Waals surface area contributed by atoms with E-state index in [-0.39, 0.29) is 31.0 Å². The number of benzene rings is 2. The van der Waals surface area contributed by atoms with E-state index in [0.29, 0.717) is 27.8 Å². The lowest BCUT2D eigenvalue weighted by molar-refractivity contribution is -0.143. The lowest BCUT2D eigenvalue weighted by atomic mass is 10.1. The number of amides is 2. The molecule has 32 heavy (non-hydrogen) atoms. The van der Waals surface area contributed by atoms with Crippen molar-refractivity contribution in [3.8, 4) is 5.75 Å². The third kappa shape index (κ3) is 7.14. The molecule has 0 bridgehead atoms. The van der Waals surface area contributed by atoms with Crippen molar-refractivity contribution in [3.05, 3.63) is 63.6 Å². The van der Waals surface area contributed by atoms with E-state index in [1.54, 1.807) is 18.2 Å². The fourth-order valence-corrected chi connectivity index (χ4v) is 3.78. The molecule has 0 aliphatic heterocycles. The average Bonchev–Trinajstić information content (AvgIpc) is 2.79. The Morgan fingerprint density at radius 1 is 1.00 bits per heavy atom. The summed E-state index contributed by atoms with van der Waals surface area (Å²) in [5.41, 5.74) is 1.79. The van der Waals surface area contributed by atoms with Crippen LogP contribution >= 0.6 is 23.2 Å². The Bertz CT molecular complexity index is 882. The second-order valence-corrected chi connectivity index (χ2v) is 8.56. The Morgan fingerprint density at radius 3 is 2.16 bits per heavy atom. The van der Waals surface area contributed by atoms with E-state index >= 15 is 0 Å². The van der Waals surface area contributed by atoms with Crippen LogP contribution in [0.15, 0.2) is 42.5 Å². The molecule has 0 saturated carbocycles. The van der Waals surface area contributed by atoms with Crippen molar-refractivity contribution in [1.82, 2.24) is 10.2 Å². The van der Waals surface area contributed by atoms with Crippen LogP contribution in [-0.4, -0.2) is 35.4 Å². The van der Waals surface area contributed by atoms with Crippen molar-refractivity contribution in [3.63, 3.8) is 0 Å². The highest BCUT2D eigenvalue weighted by molar-refractivity contribution is 6.36. The molecule has 0 aliphatic rings. The summed E-state index contributed by atoms with van der Waals surface area (Å²) >= 11 is 12.7. The van der Waals surface area contributed by atoms with Gasteiger partial charge < -0.3 is 15.0 Å². The molecule has 174 valence electrons. The van der Waals surface area contributed by atoms with Crippen molar-refractivity contribution in [1.29, 1.82) is 0 Å². The maximum absolute atomic E-state index is 13.3. The van der Waals surface area contributed by atoms with Gasteiger partial charge in [-0.3, -0.25) is 9.59 Å². The Labute approximate surface area is 201 Å². The predicted molar refractivity (Wildman–Crippen MR) is 130 cm³/mol. The average molecular weight is 479 g/mol. The monoisotopic (exact) mass is 478 g/mol. The highest BCUT2D eigenvalue weighted by Crippen LogP contribution is 2.27. The van der Waals surface area contributed by atoms with Gasteiger partial charge in [-0.15, -0.1) is 0 Å². The highest BCUT2D eigenvalue weighted by atomic mass is 35.5. The van der Waals surface area contributed by atoms with Crippen LogP contribution in [0.5, 0.6) is 5.75 Å². The van der Waals surface area contributed by atoms with Gasteiger partial charge in [0.15, 0.2) is 6.61 Å². The summed E-state index contributed by atoms with van der Waals surface area (Å²) < 4.78 is 5.73. The minimum absolute atomic E-state index is 0.00531. The summed E-state index contributed by atoms with van der Waals surface area (Å²) in [6, 6.07) is 12.1. The van der Waals surface area contributed by atoms with Gasteiger partial charge in [-0.1, -0.05) is 62.2 Å². The van der Waals surface area contributed by atoms with Crippen molar-refractivity contribution in [2.24, 2.45) is 0 Å². The number of ether oxygens (including phenoxy) is 1. The topological polar surface area (TPSA) is 58.6 Å². The fourth-order valence-electron chi connectivity index (χ4n) is 3.26. The number of halogens is 2. The molecule has 0 unspecified atom stereocenters. The largest absolute Gasteiger partial charge is 0.484 e. The van der Waals surface area contributed by atoms with Crippen molar-refractivity contribution < 1.29 is 14.3 Å². The van der Waals surface area contributed by atoms with Crippen LogP contribution in [0.2, 0.25) is 10.0 Å². The summed E-state index contributed by atoms with van der Waals surface area (Å²) in [6.45, 7) is 7.80. The summed E-state index contributed by atoms with van der Waals surface area (Å²) in [4.78, 5) is 27.7. The quantitative estimate of drug-likeness (QED) is 0.453. The van der Waals surface area contributed by atoms with Gasteiger partial charge in [0.2, 0.25) is 5.91 Å². The lowest BCUT2D eigenvalue weighted by Crippen LogP contribution is -2.51. The van der Waals surface area contributed by atoms with Crippen LogP contribution < -0.4 is 10.1 Å². The molecule has 2 amide bonds. The number of aryl methyl sites for hydroxylation is 1. The van der Waals surface area contributed by atoms with Crippen LogP contribution in [0.4, 0.5) is 0 Å². The van der Waals surface area contributed by atoms with Crippen molar-refractivity contribution >= 4 is 35.0 Å². The molecule has 0 fully saturated rings. The number of rotatable bonds is 11. The van der Waals surface area contributed by atoms with Gasteiger partial charge in [-0.25, -0.2) is 0 Å². The van der Waals surface area contributed by atoms with E-state index in [2.05, 4.69) is 12.2 Å². The Balaban J connectivity index is 2.26. The Kier molecular flexibility index (Phi) is 10.3. The number of hydrogen-bond acceptors (Lipinski definition) is 3. The molecular formula is C25H32Cl2N2O3. The summed E-state index contributed by atoms with van der Waals surface area (Å²) in [6.07, 6.45) is 2.17. The summed E-state index contributed by atoms with van der Waals surface area (Å²) in [7, 11) is 0. The van der Waals surface area contributed by atoms with E-state index in [4.69, 9.17) is 27.9 Å². The zero-order valence-corrected chi connectivity index (χ0v) is 20.7. The van der Waals surface area contributed by atoms with Gasteiger partial charge in [-0.05, 0) is 56.0 Å². The third-order valence-corrected chi connectivity index (χ3v) is 6.18. The minimum Gasteiger partial charge on any atom is -0.484 e. The predicted octanol–water partition coefficient (Wildman–Crippen LogP) is 5.66. The van der Waals surface area contributed by atoms with E-state index in [1.165, 1.54) is 10.5 Å². The minimum atomic E-state index is -0.671. The first-order chi connectivity index (χ1) is 15.3. The molecule has 0 radical (unpaired) electrons. The zero-order valence-electron chi connectivity index (χ0n) is 19.2. The normalized spacial score (nSPS) is 12.7. The number of carbonyl (C=O) groups excluding carboxylic acids is 2. The highest BCUT2D eigenvalue weighted by Gasteiger charge is 2.30. The number of nitrogens with zero attached hydrogens (tertiary/aromatic N) is 1. The SMILES string of the molecule is CCc1ccc(OCC(=O)N(Cc2c(Cl)cccc2Cl)[C@H](CC)C(=O)N[C@H](C)CC)cc1. The van der Waals surface area contributed by atoms with E-state index in [9.17, 15) is 9.59 Å². The molecule has 0 saturated heterocycles. The first kappa shape index (κ1) is 26.0. The standard InChI is InChI=1S/C25H32Cl2N2O3/c1-5-17(4)28-25(31)23(7-3)29(15-20-21(26)9-8-10-22(20)27)24(30)16-32-19-13-11-18(6-2)12-14-19/h8-14,17,23H,5-7,15-16H2,1-4H3,(H,28,31)/t17-,23-/m1/s1. The molecule has 1 N–H and O–H groups in total. The molecule has 7 heteroatoms. The van der Waals surface area contributed by atoms with E-state index < -0.39 is 6.04 Å².